The van der Waals surface area contributed by atoms with Crippen LogP contribution in [0.5, 0.6) is 0 Å². The second-order valence-electron chi connectivity index (χ2n) is 6.31. The lowest BCUT2D eigenvalue weighted by molar-refractivity contribution is -0.0584. The Hall–Kier alpha value is -3.15. The Labute approximate surface area is 158 Å². The molecule has 2 aromatic carbocycles. The van der Waals surface area contributed by atoms with Crippen LogP contribution in [0.25, 0.3) is 0 Å². The average molecular weight is 366 g/mol. The van der Waals surface area contributed by atoms with Crippen LogP contribution in [-0.4, -0.2) is 35.9 Å². The maximum Gasteiger partial charge on any atom is 0.363 e. The molecule has 27 heavy (non-hydrogen) atoms. The summed E-state index contributed by atoms with van der Waals surface area (Å²) in [5, 5.41) is 0.528. The number of benzene rings is 2. The van der Waals surface area contributed by atoms with Gasteiger partial charge in [-0.2, -0.15) is 0 Å². The number of carbonyl (C=O) groups is 3. The monoisotopic (exact) mass is 366 g/mol. The second kappa shape index (κ2) is 8.03. The lowest BCUT2D eigenvalue weighted by atomic mass is 10.1. The number of hydrogen-bond donors (Lipinski definition) is 0. The molecule has 2 amide bonds. The summed E-state index contributed by atoms with van der Waals surface area (Å²) in [6, 6.07) is 13.4. The van der Waals surface area contributed by atoms with Crippen LogP contribution in [0.4, 0.5) is 5.69 Å². The maximum atomic E-state index is 12.4. The van der Waals surface area contributed by atoms with Gasteiger partial charge in [-0.15, -0.1) is 0 Å². The smallest absolute Gasteiger partial charge is 0.363 e. The van der Waals surface area contributed by atoms with E-state index in [4.69, 9.17) is 4.84 Å². The topological polar surface area (TPSA) is 66.9 Å². The normalized spacial score (nSPS) is 12.9. The van der Waals surface area contributed by atoms with Gasteiger partial charge in [0.15, 0.2) is 0 Å². The summed E-state index contributed by atoms with van der Waals surface area (Å²) < 4.78 is 0. The van der Waals surface area contributed by atoms with Crippen molar-refractivity contribution in [1.29, 1.82) is 0 Å². The van der Waals surface area contributed by atoms with Crippen LogP contribution < -0.4 is 4.90 Å². The van der Waals surface area contributed by atoms with Crippen molar-refractivity contribution in [2.24, 2.45) is 0 Å². The molecule has 1 aliphatic rings. The first-order chi connectivity index (χ1) is 13.1. The van der Waals surface area contributed by atoms with Gasteiger partial charge in [-0.1, -0.05) is 30.5 Å². The zero-order chi connectivity index (χ0) is 19.4. The average Bonchev–Trinajstić information content (AvgIpc) is 2.94. The first kappa shape index (κ1) is 18.6. The van der Waals surface area contributed by atoms with E-state index >= 15 is 0 Å². The fraction of sp³-hybridized carbons (Fsp3) is 0.286. The Bertz CT molecular complexity index is 826. The Morgan fingerprint density at radius 1 is 0.963 bits per heavy atom. The minimum Gasteiger partial charge on any atom is -0.372 e. The molecule has 2 aromatic rings. The van der Waals surface area contributed by atoms with Crippen LogP contribution >= 0.6 is 0 Å². The number of nitrogens with zero attached hydrogens (tertiary/aromatic N) is 2. The van der Waals surface area contributed by atoms with Crippen LogP contribution in [0.15, 0.2) is 48.5 Å². The van der Waals surface area contributed by atoms with E-state index in [-0.39, 0.29) is 16.7 Å². The Morgan fingerprint density at radius 2 is 1.56 bits per heavy atom. The third-order valence-corrected chi connectivity index (χ3v) is 4.56. The summed E-state index contributed by atoms with van der Waals surface area (Å²) in [5.74, 6) is -2.00. The number of imide groups is 1. The summed E-state index contributed by atoms with van der Waals surface area (Å²) in [4.78, 5) is 44.2. The summed E-state index contributed by atoms with van der Waals surface area (Å²) in [5.41, 5.74) is 1.77. The summed E-state index contributed by atoms with van der Waals surface area (Å²) in [6.45, 7) is 6.05. The van der Waals surface area contributed by atoms with Gasteiger partial charge in [-0.25, -0.2) is 4.79 Å². The van der Waals surface area contributed by atoms with Crippen LogP contribution in [0.2, 0.25) is 0 Å². The SMILES string of the molecule is CCCCN(CC)c1ccc(C(=O)ON2C(=O)c3ccccc3C2=O)cc1. The van der Waals surface area contributed by atoms with Gasteiger partial charge in [0.25, 0.3) is 11.8 Å². The van der Waals surface area contributed by atoms with Gasteiger partial charge >= 0.3 is 5.97 Å². The molecule has 0 saturated heterocycles. The third kappa shape index (κ3) is 3.69. The molecule has 6 heteroatoms. The van der Waals surface area contributed by atoms with Crippen molar-refractivity contribution in [3.05, 3.63) is 65.2 Å². The highest BCUT2D eigenvalue weighted by Gasteiger charge is 2.38. The van der Waals surface area contributed by atoms with Crippen molar-refractivity contribution in [2.45, 2.75) is 26.7 Å². The van der Waals surface area contributed by atoms with E-state index in [2.05, 4.69) is 18.7 Å². The molecular formula is C21H22N2O4. The molecular weight excluding hydrogens is 344 g/mol. The molecule has 1 aliphatic heterocycles. The molecule has 0 saturated carbocycles. The predicted octanol–water partition coefficient (Wildman–Crippen LogP) is 3.68. The predicted molar refractivity (Wildman–Crippen MR) is 102 cm³/mol. The van der Waals surface area contributed by atoms with E-state index in [9.17, 15) is 14.4 Å². The third-order valence-electron chi connectivity index (χ3n) is 4.56. The van der Waals surface area contributed by atoms with Gasteiger partial charge in [0.05, 0.1) is 16.7 Å². The van der Waals surface area contributed by atoms with Gasteiger partial charge in [-0.05, 0) is 49.7 Å². The van der Waals surface area contributed by atoms with Crippen molar-refractivity contribution in [2.75, 3.05) is 18.0 Å². The number of unbranched alkanes of at least 4 members (excludes halogenated alkanes) is 1. The lowest BCUT2D eigenvalue weighted by Gasteiger charge is -2.23. The molecule has 6 nitrogen and oxygen atoms in total. The van der Waals surface area contributed by atoms with Crippen molar-refractivity contribution in [3.8, 4) is 0 Å². The molecule has 0 radical (unpaired) electrons. The maximum absolute atomic E-state index is 12.4. The standard InChI is InChI=1S/C21H22N2O4/c1-3-5-14-22(4-2)16-12-10-15(11-13-16)21(26)27-23-19(24)17-8-6-7-9-18(17)20(23)25/h6-13H,3-5,14H2,1-2H3. The van der Waals surface area contributed by atoms with E-state index in [1.807, 2.05) is 12.1 Å². The zero-order valence-electron chi connectivity index (χ0n) is 15.5. The van der Waals surface area contributed by atoms with Crippen molar-refractivity contribution in [3.63, 3.8) is 0 Å². The van der Waals surface area contributed by atoms with Crippen molar-refractivity contribution < 1.29 is 19.2 Å². The van der Waals surface area contributed by atoms with E-state index in [1.165, 1.54) is 12.1 Å². The number of fused-ring (bicyclic) bond motifs is 1. The van der Waals surface area contributed by atoms with Gasteiger partial charge in [-0.3, -0.25) is 9.59 Å². The summed E-state index contributed by atoms with van der Waals surface area (Å²) in [7, 11) is 0. The zero-order valence-corrected chi connectivity index (χ0v) is 15.5. The lowest BCUT2D eigenvalue weighted by Crippen LogP contribution is -2.32. The highest BCUT2D eigenvalue weighted by atomic mass is 16.7. The van der Waals surface area contributed by atoms with Gasteiger partial charge < -0.3 is 9.74 Å². The van der Waals surface area contributed by atoms with E-state index in [0.717, 1.165) is 31.6 Å². The van der Waals surface area contributed by atoms with Crippen molar-refractivity contribution in [1.82, 2.24) is 5.06 Å². The largest absolute Gasteiger partial charge is 0.372 e. The second-order valence-corrected chi connectivity index (χ2v) is 6.31. The minimum atomic E-state index is -0.743. The van der Waals surface area contributed by atoms with E-state index < -0.39 is 17.8 Å². The first-order valence-electron chi connectivity index (χ1n) is 9.12. The fourth-order valence-corrected chi connectivity index (χ4v) is 3.01. The number of rotatable bonds is 7. The number of carbonyl (C=O) groups excluding carboxylic acids is 3. The molecule has 3 rings (SSSR count). The number of hydroxylamine groups is 2. The molecule has 0 bridgehead atoms. The molecule has 0 N–H and O–H groups in total. The van der Waals surface area contributed by atoms with Crippen LogP contribution in [-0.2, 0) is 4.84 Å². The van der Waals surface area contributed by atoms with Crippen LogP contribution in [0, 0.1) is 0 Å². The Morgan fingerprint density at radius 3 is 2.07 bits per heavy atom. The molecule has 0 fully saturated rings. The van der Waals surface area contributed by atoms with E-state index in [0.29, 0.717) is 5.06 Å². The first-order valence-corrected chi connectivity index (χ1v) is 9.12. The fourth-order valence-electron chi connectivity index (χ4n) is 3.01. The van der Waals surface area contributed by atoms with Gasteiger partial charge in [0.1, 0.15) is 0 Å². The molecule has 0 atom stereocenters. The number of hydrogen-bond acceptors (Lipinski definition) is 5. The van der Waals surface area contributed by atoms with Crippen molar-refractivity contribution >= 4 is 23.5 Å². The van der Waals surface area contributed by atoms with E-state index in [1.54, 1.807) is 24.3 Å². The van der Waals surface area contributed by atoms with Crippen LogP contribution in [0.1, 0.15) is 57.8 Å². The molecule has 0 spiro atoms. The molecule has 1 heterocycles. The number of anilines is 1. The summed E-state index contributed by atoms with van der Waals surface area (Å²) >= 11 is 0. The Kier molecular flexibility index (Phi) is 5.54. The van der Waals surface area contributed by atoms with Gasteiger partial charge in [0, 0.05) is 18.8 Å². The molecule has 0 aliphatic carbocycles. The Balaban J connectivity index is 1.70. The highest BCUT2D eigenvalue weighted by Crippen LogP contribution is 2.24. The highest BCUT2D eigenvalue weighted by molar-refractivity contribution is 6.21. The molecule has 0 unspecified atom stereocenters. The van der Waals surface area contributed by atoms with Gasteiger partial charge in [0.2, 0.25) is 0 Å². The molecule has 0 aromatic heterocycles. The number of amides is 2. The molecule has 140 valence electrons. The summed E-state index contributed by atoms with van der Waals surface area (Å²) in [6.07, 6.45) is 2.21. The van der Waals surface area contributed by atoms with Crippen LogP contribution in [0.3, 0.4) is 0 Å². The quantitative estimate of drug-likeness (QED) is 0.699. The minimum absolute atomic E-state index is 0.236.